The van der Waals surface area contributed by atoms with Gasteiger partial charge in [-0.25, -0.2) is 8.42 Å². The molecule has 0 aliphatic carbocycles. The lowest BCUT2D eigenvalue weighted by Crippen LogP contribution is -2.30. The molecule has 0 spiro atoms. The molecule has 0 aliphatic heterocycles. The Balaban J connectivity index is 1.69. The van der Waals surface area contributed by atoms with Gasteiger partial charge in [0.05, 0.1) is 29.9 Å². The Hall–Kier alpha value is -2.76. The second-order valence-corrected chi connectivity index (χ2v) is 10.3. The molecular formula is C20H22ClN5O4S2. The maximum Gasteiger partial charge on any atom is 0.234 e. The second-order valence-electron chi connectivity index (χ2n) is 7.06. The van der Waals surface area contributed by atoms with Crippen molar-refractivity contribution in [3.63, 3.8) is 0 Å². The number of halogens is 1. The van der Waals surface area contributed by atoms with Crippen molar-refractivity contribution < 1.29 is 18.3 Å². The third-order valence-corrected chi connectivity index (χ3v) is 6.89. The summed E-state index contributed by atoms with van der Waals surface area (Å²) in [7, 11) is -1.86. The molecule has 0 saturated heterocycles. The predicted molar refractivity (Wildman–Crippen MR) is 126 cm³/mol. The number of hydrogen-bond donors (Lipinski definition) is 2. The van der Waals surface area contributed by atoms with E-state index in [0.29, 0.717) is 21.7 Å². The maximum absolute atomic E-state index is 12.4. The summed E-state index contributed by atoms with van der Waals surface area (Å²) in [5.74, 6) is -0.0299. The van der Waals surface area contributed by atoms with E-state index >= 15 is 0 Å². The number of hydrogen-bond acceptors (Lipinski definition) is 7. The molecule has 32 heavy (non-hydrogen) atoms. The SMILES string of the molecule is Cc1ccc(N(Cc2nnc(SCC(=O)Nc3cc(Cl)ccc3O)n2C)S(C)(=O)=O)cc1. The van der Waals surface area contributed by atoms with E-state index in [-0.39, 0.29) is 29.6 Å². The quantitative estimate of drug-likeness (QED) is 0.364. The molecule has 1 heterocycles. The molecule has 1 amide bonds. The minimum Gasteiger partial charge on any atom is -0.506 e. The smallest absolute Gasteiger partial charge is 0.234 e. The van der Waals surface area contributed by atoms with Crippen LogP contribution in [0.4, 0.5) is 11.4 Å². The largest absolute Gasteiger partial charge is 0.506 e. The summed E-state index contributed by atoms with van der Waals surface area (Å²) in [5, 5.41) is 21.4. The number of thioether (sulfide) groups is 1. The lowest BCUT2D eigenvalue weighted by atomic mass is 10.2. The van der Waals surface area contributed by atoms with E-state index < -0.39 is 10.0 Å². The average Bonchev–Trinajstić information content (AvgIpc) is 3.07. The van der Waals surface area contributed by atoms with Gasteiger partial charge in [-0.3, -0.25) is 9.10 Å². The number of sulfonamides is 1. The van der Waals surface area contributed by atoms with E-state index in [2.05, 4.69) is 15.5 Å². The van der Waals surface area contributed by atoms with E-state index in [4.69, 9.17) is 11.6 Å². The highest BCUT2D eigenvalue weighted by Gasteiger charge is 2.22. The zero-order valence-electron chi connectivity index (χ0n) is 17.6. The summed E-state index contributed by atoms with van der Waals surface area (Å²) in [6.07, 6.45) is 1.13. The minimum absolute atomic E-state index is 0.00542. The van der Waals surface area contributed by atoms with Gasteiger partial charge in [0.1, 0.15) is 5.75 Å². The van der Waals surface area contributed by atoms with E-state index in [1.54, 1.807) is 23.7 Å². The van der Waals surface area contributed by atoms with Crippen molar-refractivity contribution in [2.45, 2.75) is 18.6 Å². The number of nitrogens with one attached hydrogen (secondary N) is 1. The van der Waals surface area contributed by atoms with Crippen LogP contribution >= 0.6 is 23.4 Å². The maximum atomic E-state index is 12.4. The van der Waals surface area contributed by atoms with Gasteiger partial charge in [-0.2, -0.15) is 0 Å². The molecule has 0 bridgehead atoms. The van der Waals surface area contributed by atoms with Crippen molar-refractivity contribution >= 4 is 50.7 Å². The van der Waals surface area contributed by atoms with Gasteiger partial charge < -0.3 is 15.0 Å². The predicted octanol–water partition coefficient (Wildman–Crippen LogP) is 3.18. The van der Waals surface area contributed by atoms with Crippen LogP contribution in [0.5, 0.6) is 5.75 Å². The number of aryl methyl sites for hydroxylation is 1. The molecule has 3 rings (SSSR count). The number of anilines is 2. The lowest BCUT2D eigenvalue weighted by Gasteiger charge is -2.22. The number of aromatic nitrogens is 3. The Kier molecular flexibility index (Phi) is 7.32. The van der Waals surface area contributed by atoms with Crippen molar-refractivity contribution in [1.29, 1.82) is 0 Å². The number of carbonyl (C=O) groups is 1. The minimum atomic E-state index is -3.56. The first kappa shape index (κ1) is 23.9. The van der Waals surface area contributed by atoms with Crippen LogP contribution in [0.2, 0.25) is 5.02 Å². The topological polar surface area (TPSA) is 117 Å². The Morgan fingerprint density at radius 2 is 1.91 bits per heavy atom. The molecule has 12 heteroatoms. The highest BCUT2D eigenvalue weighted by molar-refractivity contribution is 7.99. The monoisotopic (exact) mass is 495 g/mol. The van der Waals surface area contributed by atoms with Crippen molar-refractivity contribution in [3.05, 3.63) is 58.9 Å². The zero-order valence-corrected chi connectivity index (χ0v) is 20.0. The molecule has 0 unspecified atom stereocenters. The van der Waals surface area contributed by atoms with E-state index in [1.807, 2.05) is 19.1 Å². The molecule has 0 atom stereocenters. The summed E-state index contributed by atoms with van der Waals surface area (Å²) in [6.45, 7) is 1.92. The molecule has 2 aromatic carbocycles. The standard InChI is InChI=1S/C20H22ClN5O4S2/c1-13-4-7-15(8-5-13)26(32(3,29)30)11-18-23-24-20(25(18)2)31-12-19(28)22-16-10-14(21)6-9-17(16)27/h4-10,27H,11-12H2,1-3H3,(H,22,28). The highest BCUT2D eigenvalue weighted by Crippen LogP contribution is 2.27. The fraction of sp³-hybridized carbons (Fsp3) is 0.250. The zero-order chi connectivity index (χ0) is 23.5. The Morgan fingerprint density at radius 1 is 1.22 bits per heavy atom. The molecular weight excluding hydrogens is 474 g/mol. The number of phenolic OH excluding ortho intramolecular Hbond substituents is 1. The van der Waals surface area contributed by atoms with Crippen LogP contribution in [0.15, 0.2) is 47.6 Å². The van der Waals surface area contributed by atoms with Gasteiger partial charge >= 0.3 is 0 Å². The first-order valence-electron chi connectivity index (χ1n) is 9.38. The highest BCUT2D eigenvalue weighted by atomic mass is 35.5. The normalized spacial score (nSPS) is 11.4. The first-order chi connectivity index (χ1) is 15.0. The van der Waals surface area contributed by atoms with Crippen LogP contribution < -0.4 is 9.62 Å². The molecule has 0 saturated carbocycles. The third-order valence-electron chi connectivity index (χ3n) is 4.50. The van der Waals surface area contributed by atoms with Crippen molar-refractivity contribution in [1.82, 2.24) is 14.8 Å². The molecule has 0 aliphatic rings. The van der Waals surface area contributed by atoms with Crippen molar-refractivity contribution in [3.8, 4) is 5.75 Å². The molecule has 9 nitrogen and oxygen atoms in total. The van der Waals surface area contributed by atoms with E-state index in [0.717, 1.165) is 23.6 Å². The van der Waals surface area contributed by atoms with E-state index in [1.165, 1.54) is 22.5 Å². The number of amides is 1. The summed E-state index contributed by atoms with van der Waals surface area (Å²) in [5.41, 5.74) is 1.75. The average molecular weight is 496 g/mol. The van der Waals surface area contributed by atoms with Gasteiger partial charge in [0.15, 0.2) is 11.0 Å². The number of rotatable bonds is 8. The number of aromatic hydroxyl groups is 1. The summed E-state index contributed by atoms with van der Waals surface area (Å²) in [4.78, 5) is 12.3. The number of carbonyl (C=O) groups excluding carboxylic acids is 1. The van der Waals surface area contributed by atoms with Crippen LogP contribution in [0, 0.1) is 6.92 Å². The Labute approximate surface area is 195 Å². The van der Waals surface area contributed by atoms with Crippen LogP contribution in [-0.4, -0.2) is 46.2 Å². The van der Waals surface area contributed by atoms with Gasteiger partial charge in [-0.15, -0.1) is 10.2 Å². The van der Waals surface area contributed by atoms with Crippen LogP contribution in [0.1, 0.15) is 11.4 Å². The van der Waals surface area contributed by atoms with Crippen LogP contribution in [0.3, 0.4) is 0 Å². The molecule has 1 aromatic heterocycles. The molecule has 0 fully saturated rings. The fourth-order valence-corrected chi connectivity index (χ4v) is 4.53. The summed E-state index contributed by atoms with van der Waals surface area (Å²) < 4.78 is 27.6. The first-order valence-corrected chi connectivity index (χ1v) is 12.6. The molecule has 2 N–H and O–H groups in total. The van der Waals surface area contributed by atoms with Gasteiger partial charge in [0, 0.05) is 12.1 Å². The van der Waals surface area contributed by atoms with Crippen LogP contribution in [0.25, 0.3) is 0 Å². The van der Waals surface area contributed by atoms with Crippen LogP contribution in [-0.2, 0) is 28.4 Å². The van der Waals surface area contributed by atoms with Crippen molar-refractivity contribution in [2.75, 3.05) is 21.6 Å². The molecule has 3 aromatic rings. The van der Waals surface area contributed by atoms with E-state index in [9.17, 15) is 18.3 Å². The molecule has 170 valence electrons. The Morgan fingerprint density at radius 3 is 2.56 bits per heavy atom. The van der Waals surface area contributed by atoms with Gasteiger partial charge in [0.25, 0.3) is 0 Å². The van der Waals surface area contributed by atoms with Gasteiger partial charge in [0.2, 0.25) is 15.9 Å². The van der Waals surface area contributed by atoms with Gasteiger partial charge in [-0.1, -0.05) is 41.1 Å². The van der Waals surface area contributed by atoms with Crippen molar-refractivity contribution in [2.24, 2.45) is 7.05 Å². The molecule has 0 radical (unpaired) electrons. The number of phenols is 1. The Bertz CT molecular complexity index is 1230. The second kappa shape index (κ2) is 9.80. The fourth-order valence-electron chi connectivity index (χ4n) is 2.77. The number of nitrogens with zero attached hydrogens (tertiary/aromatic N) is 4. The summed E-state index contributed by atoms with van der Waals surface area (Å²) in [6, 6.07) is 11.5. The number of benzene rings is 2. The summed E-state index contributed by atoms with van der Waals surface area (Å²) >= 11 is 7.02. The third kappa shape index (κ3) is 5.93. The lowest BCUT2D eigenvalue weighted by molar-refractivity contribution is -0.113. The van der Waals surface area contributed by atoms with Gasteiger partial charge in [-0.05, 0) is 37.3 Å².